The monoisotopic (exact) mass is 263 g/mol. The molecule has 1 aromatic rings. The summed E-state index contributed by atoms with van der Waals surface area (Å²) >= 11 is 0. The molecule has 0 bridgehead atoms. The van der Waals surface area contributed by atoms with Crippen LogP contribution in [0.1, 0.15) is 6.92 Å². The second kappa shape index (κ2) is 5.88. The Morgan fingerprint density at radius 2 is 2.11 bits per heavy atom. The Morgan fingerprint density at radius 1 is 1.42 bits per heavy atom. The second-order valence-corrected chi connectivity index (χ2v) is 5.01. The third-order valence-corrected chi connectivity index (χ3v) is 3.51. The van der Waals surface area contributed by atoms with Gasteiger partial charge in [-0.15, -0.1) is 0 Å². The normalized spacial score (nSPS) is 18.3. The highest BCUT2D eigenvalue weighted by Crippen LogP contribution is 2.20. The van der Waals surface area contributed by atoms with Gasteiger partial charge in [0.1, 0.15) is 0 Å². The predicted octanol–water partition coefficient (Wildman–Crippen LogP) is -0.0928. The van der Waals surface area contributed by atoms with Crippen LogP contribution in [0.25, 0.3) is 0 Å². The quantitative estimate of drug-likeness (QED) is 0.792. The van der Waals surface area contributed by atoms with E-state index < -0.39 is 0 Å². The van der Waals surface area contributed by atoms with Gasteiger partial charge in [-0.05, 0) is 12.1 Å². The lowest BCUT2D eigenvalue weighted by Crippen LogP contribution is -2.49. The molecule has 0 spiro atoms. The molecule has 1 saturated heterocycles. The fraction of sp³-hybridized carbons (Fsp3) is 0.538. The molecule has 6 heteroatoms. The molecule has 4 N–H and O–H groups in total. The molecule has 1 aromatic heterocycles. The van der Waals surface area contributed by atoms with Crippen molar-refractivity contribution in [2.45, 2.75) is 6.92 Å². The summed E-state index contributed by atoms with van der Waals surface area (Å²) in [6.45, 7) is 6.12. The number of nitrogen functional groups attached to an aromatic ring is 1. The number of anilines is 2. The van der Waals surface area contributed by atoms with Crippen molar-refractivity contribution < 1.29 is 4.79 Å². The van der Waals surface area contributed by atoms with Gasteiger partial charge in [-0.3, -0.25) is 9.69 Å². The molecule has 104 valence electrons. The number of nitrogens with two attached hydrogens (primary N) is 2. The molecule has 0 radical (unpaired) electrons. The zero-order chi connectivity index (χ0) is 13.8. The number of carbonyl (C=O) groups is 1. The summed E-state index contributed by atoms with van der Waals surface area (Å²) in [5, 5.41) is 0. The first kappa shape index (κ1) is 13.6. The first-order valence-corrected chi connectivity index (χ1v) is 6.55. The molecule has 1 aliphatic heterocycles. The van der Waals surface area contributed by atoms with Crippen LogP contribution >= 0.6 is 0 Å². The number of nitrogens with zero attached hydrogens (tertiary/aromatic N) is 3. The Kier molecular flexibility index (Phi) is 4.21. The summed E-state index contributed by atoms with van der Waals surface area (Å²) in [5.41, 5.74) is 11.9. The van der Waals surface area contributed by atoms with Crippen LogP contribution in [0, 0.1) is 5.92 Å². The highest BCUT2D eigenvalue weighted by Gasteiger charge is 2.21. The number of carbonyl (C=O) groups excluding carboxylic acids is 1. The predicted molar refractivity (Wildman–Crippen MR) is 75.7 cm³/mol. The molecular weight excluding hydrogens is 242 g/mol. The average molecular weight is 263 g/mol. The molecular formula is C13H21N5O. The van der Waals surface area contributed by atoms with Gasteiger partial charge in [-0.1, -0.05) is 6.92 Å². The molecule has 1 atom stereocenters. The molecule has 19 heavy (non-hydrogen) atoms. The number of amides is 1. The number of aromatic nitrogens is 1. The number of piperazine rings is 1. The third kappa shape index (κ3) is 3.35. The highest BCUT2D eigenvalue weighted by atomic mass is 16.1. The van der Waals surface area contributed by atoms with E-state index in [-0.39, 0.29) is 11.8 Å². The van der Waals surface area contributed by atoms with Gasteiger partial charge >= 0.3 is 0 Å². The minimum atomic E-state index is -0.239. The lowest BCUT2D eigenvalue weighted by atomic mass is 10.1. The van der Waals surface area contributed by atoms with E-state index in [0.717, 1.165) is 38.5 Å². The number of pyridine rings is 1. The number of hydrogen-bond acceptors (Lipinski definition) is 5. The van der Waals surface area contributed by atoms with Gasteiger partial charge in [0, 0.05) is 44.8 Å². The van der Waals surface area contributed by atoms with Crippen LogP contribution in [0.5, 0.6) is 0 Å². The fourth-order valence-corrected chi connectivity index (χ4v) is 2.29. The second-order valence-electron chi connectivity index (χ2n) is 5.01. The lowest BCUT2D eigenvalue weighted by Gasteiger charge is -2.36. The standard InChI is InChI=1S/C13H21N5O/c1-10(12(15)19)9-17-5-7-18(8-6-17)13-11(14)3-2-4-16-13/h2-4,10H,5-9,14H2,1H3,(H2,15,19). The van der Waals surface area contributed by atoms with Crippen molar-refractivity contribution in [3.05, 3.63) is 18.3 Å². The first-order chi connectivity index (χ1) is 9.08. The Bertz CT molecular complexity index is 442. The summed E-state index contributed by atoms with van der Waals surface area (Å²) in [6.07, 6.45) is 1.76. The average Bonchev–Trinajstić information content (AvgIpc) is 2.40. The van der Waals surface area contributed by atoms with E-state index in [4.69, 9.17) is 11.5 Å². The molecule has 1 amide bonds. The van der Waals surface area contributed by atoms with E-state index in [0.29, 0.717) is 5.69 Å². The smallest absolute Gasteiger partial charge is 0.221 e. The van der Waals surface area contributed by atoms with Crippen LogP contribution in [0.3, 0.4) is 0 Å². The van der Waals surface area contributed by atoms with Crippen LogP contribution in [0.2, 0.25) is 0 Å². The molecule has 1 fully saturated rings. The molecule has 0 aromatic carbocycles. The summed E-state index contributed by atoms with van der Waals surface area (Å²) in [4.78, 5) is 19.8. The summed E-state index contributed by atoms with van der Waals surface area (Å²) in [5.74, 6) is 0.507. The molecule has 2 heterocycles. The van der Waals surface area contributed by atoms with E-state index in [9.17, 15) is 4.79 Å². The maximum atomic E-state index is 11.1. The Hall–Kier alpha value is -1.82. The zero-order valence-electron chi connectivity index (χ0n) is 11.2. The largest absolute Gasteiger partial charge is 0.396 e. The summed E-state index contributed by atoms with van der Waals surface area (Å²) in [6, 6.07) is 3.70. The van der Waals surface area contributed by atoms with Crippen molar-refractivity contribution in [3.63, 3.8) is 0 Å². The molecule has 6 nitrogen and oxygen atoms in total. The van der Waals surface area contributed by atoms with Crippen molar-refractivity contribution in [2.24, 2.45) is 11.7 Å². The van der Waals surface area contributed by atoms with Crippen molar-refractivity contribution in [3.8, 4) is 0 Å². The zero-order valence-corrected chi connectivity index (χ0v) is 11.2. The number of primary amides is 1. The molecule has 0 saturated carbocycles. The van der Waals surface area contributed by atoms with E-state index in [2.05, 4.69) is 14.8 Å². The Labute approximate surface area is 113 Å². The van der Waals surface area contributed by atoms with Gasteiger partial charge < -0.3 is 16.4 Å². The van der Waals surface area contributed by atoms with Gasteiger partial charge in [0.25, 0.3) is 0 Å². The number of rotatable bonds is 4. The van der Waals surface area contributed by atoms with Crippen LogP contribution in [-0.4, -0.2) is 48.5 Å². The molecule has 2 rings (SSSR count). The first-order valence-electron chi connectivity index (χ1n) is 6.55. The van der Waals surface area contributed by atoms with Gasteiger partial charge in [0.05, 0.1) is 5.69 Å². The van der Waals surface area contributed by atoms with Gasteiger partial charge in [-0.2, -0.15) is 0 Å². The topological polar surface area (TPSA) is 88.5 Å². The summed E-state index contributed by atoms with van der Waals surface area (Å²) < 4.78 is 0. The van der Waals surface area contributed by atoms with E-state index in [1.54, 1.807) is 6.20 Å². The molecule has 1 aliphatic rings. The minimum absolute atomic E-state index is 0.105. The van der Waals surface area contributed by atoms with E-state index >= 15 is 0 Å². The van der Waals surface area contributed by atoms with Crippen LogP contribution in [0.4, 0.5) is 11.5 Å². The van der Waals surface area contributed by atoms with Crippen molar-refractivity contribution in [2.75, 3.05) is 43.4 Å². The van der Waals surface area contributed by atoms with Crippen molar-refractivity contribution in [1.29, 1.82) is 0 Å². The number of hydrogen-bond donors (Lipinski definition) is 2. The van der Waals surface area contributed by atoms with Gasteiger partial charge in [-0.25, -0.2) is 4.98 Å². The fourth-order valence-electron chi connectivity index (χ4n) is 2.29. The molecule has 1 unspecified atom stereocenters. The minimum Gasteiger partial charge on any atom is -0.396 e. The lowest BCUT2D eigenvalue weighted by molar-refractivity contribution is -0.121. The van der Waals surface area contributed by atoms with Crippen LogP contribution < -0.4 is 16.4 Å². The van der Waals surface area contributed by atoms with Crippen molar-refractivity contribution >= 4 is 17.4 Å². The van der Waals surface area contributed by atoms with Crippen LogP contribution in [-0.2, 0) is 4.79 Å². The maximum absolute atomic E-state index is 11.1. The summed E-state index contributed by atoms with van der Waals surface area (Å²) in [7, 11) is 0. The van der Waals surface area contributed by atoms with E-state index in [1.165, 1.54) is 0 Å². The van der Waals surface area contributed by atoms with Crippen LogP contribution in [0.15, 0.2) is 18.3 Å². The van der Waals surface area contributed by atoms with E-state index in [1.807, 2.05) is 19.1 Å². The van der Waals surface area contributed by atoms with Crippen molar-refractivity contribution in [1.82, 2.24) is 9.88 Å². The third-order valence-electron chi connectivity index (χ3n) is 3.51. The SMILES string of the molecule is CC(CN1CCN(c2ncccc2N)CC1)C(N)=O. The van der Waals surface area contributed by atoms with Gasteiger partial charge in [0.15, 0.2) is 5.82 Å². The maximum Gasteiger partial charge on any atom is 0.221 e. The highest BCUT2D eigenvalue weighted by molar-refractivity contribution is 5.76. The molecule has 0 aliphatic carbocycles. The van der Waals surface area contributed by atoms with Gasteiger partial charge in [0.2, 0.25) is 5.91 Å². The Morgan fingerprint density at radius 3 is 2.68 bits per heavy atom. The Balaban J connectivity index is 1.89.